The fourth-order valence-electron chi connectivity index (χ4n) is 2.23. The molecule has 2 rings (SSSR count). The highest BCUT2D eigenvalue weighted by Gasteiger charge is 2.31. The molecule has 0 saturated heterocycles. The van der Waals surface area contributed by atoms with Gasteiger partial charge in [-0.1, -0.05) is 48.0 Å². The summed E-state index contributed by atoms with van der Waals surface area (Å²) >= 11 is 8.76. The molecule has 118 valence electrons. The van der Waals surface area contributed by atoms with Crippen LogP contribution in [0.4, 0.5) is 0 Å². The van der Waals surface area contributed by atoms with Gasteiger partial charge in [-0.15, -0.1) is 0 Å². The lowest BCUT2D eigenvalue weighted by Crippen LogP contribution is -2.45. The number of hydrogen-bond acceptors (Lipinski definition) is 3. The second-order valence-corrected chi connectivity index (χ2v) is 6.85. The maximum atomic E-state index is 12.5. The molecule has 1 aromatic rings. The van der Waals surface area contributed by atoms with Crippen LogP contribution in [0.1, 0.15) is 32.4 Å². The summed E-state index contributed by atoms with van der Waals surface area (Å²) in [5.41, 5.74) is 2.22. The molecule has 0 fully saturated rings. The molecule has 0 amide bonds. The lowest BCUT2D eigenvalue weighted by atomic mass is 9.96. The maximum Gasteiger partial charge on any atom is 0.338 e. The number of carbonyl (C=O) groups is 1. The molecule has 22 heavy (non-hydrogen) atoms. The van der Waals surface area contributed by atoms with E-state index in [0.29, 0.717) is 17.3 Å². The van der Waals surface area contributed by atoms with E-state index in [9.17, 15) is 4.79 Å². The Labute approximate surface area is 144 Å². The van der Waals surface area contributed by atoms with Gasteiger partial charge in [0.15, 0.2) is 5.11 Å². The molecular weight excluding hydrogens is 364 g/mol. The summed E-state index contributed by atoms with van der Waals surface area (Å²) in [6.45, 7) is 6.24. The summed E-state index contributed by atoms with van der Waals surface area (Å²) in [7, 11) is 0. The number of thiocarbonyl (C=S) groups is 1. The number of rotatable bonds is 4. The molecule has 4 nitrogen and oxygen atoms in total. The minimum atomic E-state index is -0.330. The Hall–Kier alpha value is -1.40. The van der Waals surface area contributed by atoms with Crippen molar-refractivity contribution in [3.63, 3.8) is 0 Å². The number of esters is 1. The summed E-state index contributed by atoms with van der Waals surface area (Å²) < 4.78 is 6.32. The smallest absolute Gasteiger partial charge is 0.338 e. The van der Waals surface area contributed by atoms with Crippen molar-refractivity contribution in [1.29, 1.82) is 0 Å². The van der Waals surface area contributed by atoms with Gasteiger partial charge in [-0.3, -0.25) is 0 Å². The molecule has 1 aliphatic heterocycles. The first-order chi connectivity index (χ1) is 10.4. The number of ether oxygens (including phenoxy) is 1. The molecular formula is C16H19BrN2O2S. The van der Waals surface area contributed by atoms with Crippen molar-refractivity contribution in [3.05, 3.63) is 45.6 Å². The van der Waals surface area contributed by atoms with Gasteiger partial charge in [0.2, 0.25) is 0 Å². The largest absolute Gasteiger partial charge is 0.462 e. The number of carbonyl (C=O) groups excluding carboxylic acids is 1. The summed E-state index contributed by atoms with van der Waals surface area (Å²) in [6.07, 6.45) is 0. The first kappa shape index (κ1) is 17.0. The first-order valence-electron chi connectivity index (χ1n) is 7.10. The van der Waals surface area contributed by atoms with Gasteiger partial charge in [0.05, 0.1) is 18.2 Å². The van der Waals surface area contributed by atoms with Gasteiger partial charge in [-0.2, -0.15) is 0 Å². The molecule has 6 heteroatoms. The van der Waals surface area contributed by atoms with Crippen LogP contribution >= 0.6 is 28.1 Å². The van der Waals surface area contributed by atoms with Gasteiger partial charge in [0.1, 0.15) is 0 Å². The second kappa shape index (κ2) is 7.24. The van der Waals surface area contributed by atoms with Crippen LogP contribution in [-0.2, 0) is 9.53 Å². The highest BCUT2D eigenvalue weighted by molar-refractivity contribution is 9.10. The highest BCUT2D eigenvalue weighted by Crippen LogP contribution is 2.32. The average Bonchev–Trinajstić information content (AvgIpc) is 2.44. The quantitative estimate of drug-likeness (QED) is 0.616. The van der Waals surface area contributed by atoms with Crippen molar-refractivity contribution in [2.75, 3.05) is 6.61 Å². The minimum Gasteiger partial charge on any atom is -0.462 e. The van der Waals surface area contributed by atoms with Crippen LogP contribution in [0, 0.1) is 5.92 Å². The van der Waals surface area contributed by atoms with E-state index in [1.165, 1.54) is 0 Å². The number of allylic oxidation sites excluding steroid dienone is 1. The summed E-state index contributed by atoms with van der Waals surface area (Å²) in [5, 5.41) is 6.65. The van der Waals surface area contributed by atoms with Crippen LogP contribution in [0.5, 0.6) is 0 Å². The van der Waals surface area contributed by atoms with Gasteiger partial charge in [0.25, 0.3) is 0 Å². The third-order valence-corrected chi connectivity index (χ3v) is 4.20. The van der Waals surface area contributed by atoms with Gasteiger partial charge in [-0.25, -0.2) is 4.79 Å². The van der Waals surface area contributed by atoms with Gasteiger partial charge in [0, 0.05) is 10.2 Å². The molecule has 0 spiro atoms. The van der Waals surface area contributed by atoms with E-state index in [2.05, 4.69) is 26.6 Å². The Balaban J connectivity index is 2.37. The van der Waals surface area contributed by atoms with Crippen molar-refractivity contribution in [3.8, 4) is 0 Å². The Morgan fingerprint density at radius 3 is 2.73 bits per heavy atom. The van der Waals surface area contributed by atoms with Crippen LogP contribution in [0.3, 0.4) is 0 Å². The van der Waals surface area contributed by atoms with Gasteiger partial charge in [-0.05, 0) is 36.7 Å². The molecule has 0 saturated carbocycles. The van der Waals surface area contributed by atoms with E-state index in [-0.39, 0.29) is 17.9 Å². The molecule has 0 aromatic heterocycles. The fraction of sp³-hybridized carbons (Fsp3) is 0.375. The summed E-state index contributed by atoms with van der Waals surface area (Å²) in [5.74, 6) is -0.0354. The lowest BCUT2D eigenvalue weighted by molar-refractivity contribution is -0.140. The van der Waals surface area contributed by atoms with Gasteiger partial charge < -0.3 is 15.4 Å². The van der Waals surface area contributed by atoms with E-state index in [1.54, 1.807) is 0 Å². The predicted octanol–water partition coefficient (Wildman–Crippen LogP) is 3.44. The lowest BCUT2D eigenvalue weighted by Gasteiger charge is -2.30. The van der Waals surface area contributed by atoms with E-state index in [1.807, 2.05) is 45.0 Å². The topological polar surface area (TPSA) is 50.4 Å². The zero-order chi connectivity index (χ0) is 16.3. The molecule has 0 aliphatic carbocycles. The monoisotopic (exact) mass is 382 g/mol. The Bertz CT molecular complexity index is 628. The van der Waals surface area contributed by atoms with E-state index < -0.39 is 0 Å². The van der Waals surface area contributed by atoms with Crippen LogP contribution in [0.15, 0.2) is 40.0 Å². The van der Waals surface area contributed by atoms with Crippen molar-refractivity contribution in [2.24, 2.45) is 5.92 Å². The minimum absolute atomic E-state index is 0.289. The zero-order valence-electron chi connectivity index (χ0n) is 12.8. The van der Waals surface area contributed by atoms with Gasteiger partial charge >= 0.3 is 5.97 Å². The normalized spacial score (nSPS) is 18.0. The molecule has 0 bridgehead atoms. The standard InChI is InChI=1S/C16H19BrN2O2S/c1-9(2)8-21-15(20)13-10(3)18-16(22)19-14(13)11-6-4-5-7-12(11)17/h4-7,9,14H,8H2,1-3H3,(H2,18,19,22)/t14-/m0/s1. The molecule has 2 N–H and O–H groups in total. The van der Waals surface area contributed by atoms with Crippen LogP contribution < -0.4 is 10.6 Å². The van der Waals surface area contributed by atoms with E-state index in [4.69, 9.17) is 17.0 Å². The van der Waals surface area contributed by atoms with Crippen LogP contribution in [0.25, 0.3) is 0 Å². The SMILES string of the molecule is CC1=C(C(=O)OCC(C)C)[C@H](c2ccccc2Br)NC(=S)N1. The third-order valence-electron chi connectivity index (χ3n) is 3.25. The molecule has 1 atom stereocenters. The van der Waals surface area contributed by atoms with Crippen molar-refractivity contribution in [2.45, 2.75) is 26.8 Å². The predicted molar refractivity (Wildman–Crippen MR) is 94.2 cm³/mol. The molecule has 1 heterocycles. The van der Waals surface area contributed by atoms with Crippen LogP contribution in [-0.4, -0.2) is 17.7 Å². The zero-order valence-corrected chi connectivity index (χ0v) is 15.2. The number of benzene rings is 1. The van der Waals surface area contributed by atoms with Crippen LogP contribution in [0.2, 0.25) is 0 Å². The molecule has 1 aromatic carbocycles. The van der Waals surface area contributed by atoms with Crippen molar-refractivity contribution < 1.29 is 9.53 Å². The van der Waals surface area contributed by atoms with Crippen molar-refractivity contribution in [1.82, 2.24) is 10.6 Å². The third kappa shape index (κ3) is 3.87. The number of nitrogens with one attached hydrogen (secondary N) is 2. The fourth-order valence-corrected chi connectivity index (χ4v) is 3.01. The molecule has 0 unspecified atom stereocenters. The van der Waals surface area contributed by atoms with Crippen molar-refractivity contribution >= 4 is 39.2 Å². The first-order valence-corrected chi connectivity index (χ1v) is 8.30. The average molecular weight is 383 g/mol. The Kier molecular flexibility index (Phi) is 5.58. The molecule has 0 radical (unpaired) electrons. The Morgan fingerprint density at radius 1 is 1.41 bits per heavy atom. The Morgan fingerprint density at radius 2 is 2.09 bits per heavy atom. The molecule has 1 aliphatic rings. The van der Waals surface area contributed by atoms with E-state index in [0.717, 1.165) is 15.7 Å². The second-order valence-electron chi connectivity index (χ2n) is 5.58. The number of halogens is 1. The maximum absolute atomic E-state index is 12.5. The highest BCUT2D eigenvalue weighted by atomic mass is 79.9. The number of hydrogen-bond donors (Lipinski definition) is 2. The summed E-state index contributed by atoms with van der Waals surface area (Å²) in [6, 6.07) is 7.43. The summed E-state index contributed by atoms with van der Waals surface area (Å²) in [4.78, 5) is 12.5. The van der Waals surface area contributed by atoms with E-state index >= 15 is 0 Å².